The smallest absolute Gasteiger partial charge is 0.240 e. The third-order valence-electron chi connectivity index (χ3n) is 4.93. The van der Waals surface area contributed by atoms with Gasteiger partial charge in [0.25, 0.3) is 0 Å². The molecule has 1 unspecified atom stereocenters. The summed E-state index contributed by atoms with van der Waals surface area (Å²) in [6.07, 6.45) is 5.96. The van der Waals surface area contributed by atoms with Gasteiger partial charge in [-0.15, -0.1) is 24.2 Å². The second-order valence-corrected chi connectivity index (χ2v) is 7.56. The molecule has 5 nitrogen and oxygen atoms in total. The topological polar surface area (TPSA) is 75.4 Å². The molecule has 1 saturated carbocycles. The minimum Gasteiger partial charge on any atom is -0.350 e. The maximum Gasteiger partial charge on any atom is 0.240 e. The molecule has 1 aromatic rings. The van der Waals surface area contributed by atoms with Gasteiger partial charge in [0.1, 0.15) is 6.54 Å². The number of nitrogens with two attached hydrogens (primary N) is 1. The van der Waals surface area contributed by atoms with Crippen LogP contribution in [-0.2, 0) is 9.59 Å². The Hall–Kier alpha value is -1.24. The average Bonchev–Trinajstić information content (AvgIpc) is 2.63. The molecule has 1 atom stereocenters. The van der Waals surface area contributed by atoms with Crippen LogP contribution in [0.5, 0.6) is 0 Å². The van der Waals surface area contributed by atoms with Crippen molar-refractivity contribution >= 4 is 41.7 Å². The Morgan fingerprint density at radius 3 is 2.72 bits per heavy atom. The van der Waals surface area contributed by atoms with Crippen molar-refractivity contribution in [1.82, 2.24) is 5.32 Å². The molecule has 1 aromatic carbocycles. The second-order valence-electron chi connectivity index (χ2n) is 6.54. The lowest BCUT2D eigenvalue weighted by Crippen LogP contribution is -2.50. The van der Waals surface area contributed by atoms with Gasteiger partial charge in [-0.1, -0.05) is 31.4 Å². The molecule has 7 heteroatoms. The molecule has 0 bridgehead atoms. The normalized spacial score (nSPS) is 18.9. The van der Waals surface area contributed by atoms with Gasteiger partial charge in [-0.2, -0.15) is 0 Å². The number of anilines is 1. The molecule has 0 saturated heterocycles. The highest BCUT2D eigenvalue weighted by atomic mass is 35.5. The maximum absolute atomic E-state index is 12.5. The Morgan fingerprint density at radius 1 is 1.28 bits per heavy atom. The van der Waals surface area contributed by atoms with E-state index >= 15 is 0 Å². The van der Waals surface area contributed by atoms with E-state index in [1.165, 1.54) is 31.0 Å². The summed E-state index contributed by atoms with van der Waals surface area (Å²) in [5.41, 5.74) is 6.72. The zero-order chi connectivity index (χ0) is 16.9. The van der Waals surface area contributed by atoms with Crippen molar-refractivity contribution in [2.45, 2.75) is 43.0 Å². The van der Waals surface area contributed by atoms with Gasteiger partial charge in [0.2, 0.25) is 11.8 Å². The molecule has 2 amide bonds. The molecule has 0 aromatic heterocycles. The lowest BCUT2D eigenvalue weighted by molar-refractivity contribution is -0.123. The van der Waals surface area contributed by atoms with Crippen LogP contribution in [0.3, 0.4) is 0 Å². The summed E-state index contributed by atoms with van der Waals surface area (Å²) in [6.45, 7) is 0.524. The quantitative estimate of drug-likeness (QED) is 0.819. The molecule has 0 spiro atoms. The third kappa shape index (κ3) is 4.90. The fraction of sp³-hybridized carbons (Fsp3) is 0.556. The van der Waals surface area contributed by atoms with Crippen molar-refractivity contribution < 1.29 is 9.59 Å². The number of amides is 2. The van der Waals surface area contributed by atoms with E-state index in [0.717, 1.165) is 23.4 Å². The van der Waals surface area contributed by atoms with E-state index in [-0.39, 0.29) is 36.8 Å². The van der Waals surface area contributed by atoms with Crippen molar-refractivity contribution in [1.29, 1.82) is 0 Å². The van der Waals surface area contributed by atoms with Crippen LogP contribution in [0.4, 0.5) is 5.69 Å². The van der Waals surface area contributed by atoms with Gasteiger partial charge in [-0.25, -0.2) is 0 Å². The average molecular weight is 384 g/mol. The Kier molecular flexibility index (Phi) is 7.59. The maximum atomic E-state index is 12.5. The molecule has 3 N–H and O–H groups in total. The SMILES string of the molecule is Cl.NCC(NC(=O)CN1C(=O)CSc2ccccc21)C1CCCCC1. The molecule has 0 radical (unpaired) electrons. The van der Waals surface area contributed by atoms with Gasteiger partial charge < -0.3 is 16.0 Å². The van der Waals surface area contributed by atoms with Crippen LogP contribution < -0.4 is 16.0 Å². The van der Waals surface area contributed by atoms with Gasteiger partial charge in [0.05, 0.1) is 11.4 Å². The number of para-hydroxylation sites is 1. The van der Waals surface area contributed by atoms with Crippen molar-refractivity contribution in [2.75, 3.05) is 23.7 Å². The number of nitrogens with zero attached hydrogens (tertiary/aromatic N) is 1. The molecule has 1 heterocycles. The zero-order valence-corrected chi connectivity index (χ0v) is 15.9. The number of carbonyl (C=O) groups excluding carboxylic acids is 2. The summed E-state index contributed by atoms with van der Waals surface area (Å²) in [7, 11) is 0. The number of carbonyl (C=O) groups is 2. The molecule has 138 valence electrons. The van der Waals surface area contributed by atoms with Crippen LogP contribution >= 0.6 is 24.2 Å². The number of hydrogen-bond donors (Lipinski definition) is 2. The number of rotatable bonds is 5. The van der Waals surface area contributed by atoms with E-state index < -0.39 is 0 Å². The number of fused-ring (bicyclic) bond motifs is 1. The number of benzene rings is 1. The number of thioether (sulfide) groups is 1. The summed E-state index contributed by atoms with van der Waals surface area (Å²) in [4.78, 5) is 27.4. The van der Waals surface area contributed by atoms with E-state index in [1.54, 1.807) is 4.90 Å². The zero-order valence-electron chi connectivity index (χ0n) is 14.3. The molecule has 1 aliphatic carbocycles. The molecule has 1 fully saturated rings. The fourth-order valence-corrected chi connectivity index (χ4v) is 4.56. The molecule has 3 rings (SSSR count). The first-order chi connectivity index (χ1) is 11.7. The fourth-order valence-electron chi connectivity index (χ4n) is 3.63. The highest BCUT2D eigenvalue weighted by Crippen LogP contribution is 2.34. The van der Waals surface area contributed by atoms with E-state index in [4.69, 9.17) is 5.73 Å². The van der Waals surface area contributed by atoms with Crippen LogP contribution in [-0.4, -0.2) is 36.7 Å². The molecule has 1 aliphatic heterocycles. The second kappa shape index (κ2) is 9.46. The number of halogens is 1. The largest absolute Gasteiger partial charge is 0.350 e. The van der Waals surface area contributed by atoms with Crippen LogP contribution in [0.2, 0.25) is 0 Å². The van der Waals surface area contributed by atoms with Crippen LogP contribution in [0, 0.1) is 5.92 Å². The molecule has 25 heavy (non-hydrogen) atoms. The van der Waals surface area contributed by atoms with Gasteiger partial charge in [-0.05, 0) is 30.9 Å². The first kappa shape index (κ1) is 20.1. The van der Waals surface area contributed by atoms with Crippen molar-refractivity contribution in [3.63, 3.8) is 0 Å². The van der Waals surface area contributed by atoms with E-state index in [2.05, 4.69) is 5.32 Å². The third-order valence-corrected chi connectivity index (χ3v) is 5.98. The Bertz CT molecular complexity index is 608. The van der Waals surface area contributed by atoms with Crippen LogP contribution in [0.25, 0.3) is 0 Å². The van der Waals surface area contributed by atoms with Crippen molar-refractivity contribution in [3.05, 3.63) is 24.3 Å². The van der Waals surface area contributed by atoms with Crippen molar-refractivity contribution in [2.24, 2.45) is 11.7 Å². The summed E-state index contributed by atoms with van der Waals surface area (Å²) >= 11 is 1.53. The van der Waals surface area contributed by atoms with Gasteiger partial charge in [0.15, 0.2) is 0 Å². The highest BCUT2D eigenvalue weighted by molar-refractivity contribution is 8.00. The summed E-state index contributed by atoms with van der Waals surface area (Å²) in [5.74, 6) is 0.710. The predicted octanol–water partition coefficient (Wildman–Crippen LogP) is 2.57. The highest BCUT2D eigenvalue weighted by Gasteiger charge is 2.28. The first-order valence-electron chi connectivity index (χ1n) is 8.70. The van der Waals surface area contributed by atoms with Crippen LogP contribution in [0.1, 0.15) is 32.1 Å². The summed E-state index contributed by atoms with van der Waals surface area (Å²) in [5, 5.41) is 3.07. The number of hydrogen-bond acceptors (Lipinski definition) is 4. The van der Waals surface area contributed by atoms with E-state index in [9.17, 15) is 9.59 Å². The Labute approximate surface area is 159 Å². The van der Waals surface area contributed by atoms with Gasteiger partial charge >= 0.3 is 0 Å². The minimum absolute atomic E-state index is 0. The Morgan fingerprint density at radius 2 is 2.00 bits per heavy atom. The minimum atomic E-state index is -0.119. The Balaban J connectivity index is 0.00000225. The molecular weight excluding hydrogens is 358 g/mol. The van der Waals surface area contributed by atoms with Gasteiger partial charge in [-0.3, -0.25) is 9.59 Å². The number of nitrogens with one attached hydrogen (secondary N) is 1. The summed E-state index contributed by atoms with van der Waals surface area (Å²) in [6, 6.07) is 7.75. The monoisotopic (exact) mass is 383 g/mol. The lowest BCUT2D eigenvalue weighted by atomic mass is 9.84. The van der Waals surface area contributed by atoms with Gasteiger partial charge in [0, 0.05) is 17.5 Å². The van der Waals surface area contributed by atoms with Crippen LogP contribution in [0.15, 0.2) is 29.2 Å². The predicted molar refractivity (Wildman–Crippen MR) is 104 cm³/mol. The molecular formula is C18H26ClN3O2S. The van der Waals surface area contributed by atoms with E-state index in [1.807, 2.05) is 24.3 Å². The van der Waals surface area contributed by atoms with E-state index in [0.29, 0.717) is 18.2 Å². The first-order valence-corrected chi connectivity index (χ1v) is 9.69. The molecule has 2 aliphatic rings. The lowest BCUT2D eigenvalue weighted by Gasteiger charge is -2.32. The summed E-state index contributed by atoms with van der Waals surface area (Å²) < 4.78 is 0. The standard InChI is InChI=1S/C18H25N3O2S.ClH/c19-10-14(13-6-2-1-3-7-13)20-17(22)11-21-15-8-4-5-9-16(15)24-12-18(21)23;/h4-5,8-9,13-14H,1-3,6-7,10-12,19H2,(H,20,22);1H. The van der Waals surface area contributed by atoms with Crippen molar-refractivity contribution in [3.8, 4) is 0 Å².